The Bertz CT molecular complexity index is 524. The van der Waals surface area contributed by atoms with Crippen molar-refractivity contribution in [3.05, 3.63) is 17.8 Å². The maximum Gasteiger partial charge on any atom is 0.339 e. The first-order valence-corrected chi connectivity index (χ1v) is 6.49. The predicted octanol–water partition coefficient (Wildman–Crippen LogP) is 0.454. The number of rotatable bonds is 4. The summed E-state index contributed by atoms with van der Waals surface area (Å²) in [5, 5.41) is 9.21. The molecule has 7 nitrogen and oxygen atoms in total. The topological polar surface area (TPSA) is 123 Å². The second-order valence-corrected chi connectivity index (χ2v) is 5.05. The Balaban J connectivity index is 2.11. The van der Waals surface area contributed by atoms with Gasteiger partial charge in [0.2, 0.25) is 5.91 Å². The van der Waals surface area contributed by atoms with Crippen molar-refractivity contribution in [2.75, 3.05) is 23.7 Å². The van der Waals surface area contributed by atoms with Crippen LogP contribution in [0.25, 0.3) is 0 Å². The number of primary amides is 1. The second kappa shape index (κ2) is 5.77. The minimum Gasteiger partial charge on any atom is -0.478 e. The predicted molar refractivity (Wildman–Crippen MR) is 74.4 cm³/mol. The molecule has 7 heteroatoms. The average Bonchev–Trinajstić information content (AvgIpc) is 2.39. The van der Waals surface area contributed by atoms with Crippen molar-refractivity contribution < 1.29 is 14.7 Å². The molecule has 0 saturated carbocycles. The molecule has 1 aliphatic heterocycles. The molecule has 1 aliphatic rings. The molecular formula is C13H18N4O3. The highest BCUT2D eigenvalue weighted by atomic mass is 16.4. The largest absolute Gasteiger partial charge is 0.478 e. The number of carboxylic acids is 1. The summed E-state index contributed by atoms with van der Waals surface area (Å²) < 4.78 is 0. The van der Waals surface area contributed by atoms with Crippen LogP contribution in [0.2, 0.25) is 0 Å². The van der Waals surface area contributed by atoms with Gasteiger partial charge in [-0.25, -0.2) is 9.78 Å². The smallest absolute Gasteiger partial charge is 0.339 e. The molecular weight excluding hydrogens is 260 g/mol. The molecule has 0 spiro atoms. The lowest BCUT2D eigenvalue weighted by atomic mass is 9.93. The second-order valence-electron chi connectivity index (χ2n) is 5.05. The van der Waals surface area contributed by atoms with Crippen LogP contribution in [0.4, 0.5) is 11.5 Å². The van der Waals surface area contributed by atoms with Crippen molar-refractivity contribution in [1.29, 1.82) is 0 Å². The van der Waals surface area contributed by atoms with Gasteiger partial charge in [0.1, 0.15) is 11.4 Å². The van der Waals surface area contributed by atoms with E-state index in [9.17, 15) is 14.7 Å². The summed E-state index contributed by atoms with van der Waals surface area (Å²) in [6, 6.07) is 1.42. The van der Waals surface area contributed by atoms with Gasteiger partial charge in [-0.05, 0) is 24.8 Å². The number of nitrogen functional groups attached to an aromatic ring is 1. The lowest BCUT2D eigenvalue weighted by Gasteiger charge is -2.33. The highest BCUT2D eigenvalue weighted by molar-refractivity contribution is 5.94. The molecule has 20 heavy (non-hydrogen) atoms. The first-order chi connectivity index (χ1) is 9.47. The lowest BCUT2D eigenvalue weighted by molar-refractivity contribution is -0.119. The molecule has 0 aromatic carbocycles. The molecule has 0 atom stereocenters. The zero-order valence-electron chi connectivity index (χ0n) is 11.1. The molecule has 1 saturated heterocycles. The fraction of sp³-hybridized carbons (Fsp3) is 0.462. The van der Waals surface area contributed by atoms with Gasteiger partial charge in [0.25, 0.3) is 0 Å². The Morgan fingerprint density at radius 3 is 2.60 bits per heavy atom. The van der Waals surface area contributed by atoms with Gasteiger partial charge in [0, 0.05) is 19.5 Å². The monoisotopic (exact) mass is 278 g/mol. The summed E-state index contributed by atoms with van der Waals surface area (Å²) in [6.45, 7) is 1.32. The maximum absolute atomic E-state index is 11.2. The fourth-order valence-corrected chi connectivity index (χ4v) is 2.52. The third-order valence-corrected chi connectivity index (χ3v) is 3.52. The summed E-state index contributed by atoms with van der Waals surface area (Å²) in [5.41, 5.74) is 11.2. The van der Waals surface area contributed by atoms with Crippen molar-refractivity contribution in [1.82, 2.24) is 4.98 Å². The molecule has 1 aromatic rings. The number of piperidine rings is 1. The van der Waals surface area contributed by atoms with E-state index in [0.29, 0.717) is 31.0 Å². The average molecular weight is 278 g/mol. The number of pyridine rings is 1. The molecule has 1 aromatic heterocycles. The van der Waals surface area contributed by atoms with E-state index in [1.807, 2.05) is 4.90 Å². The number of carbonyl (C=O) groups excluding carboxylic acids is 1. The summed E-state index contributed by atoms with van der Waals surface area (Å²) in [5.74, 6) is -0.630. The van der Waals surface area contributed by atoms with Crippen molar-refractivity contribution >= 4 is 23.4 Å². The Hall–Kier alpha value is -2.31. The van der Waals surface area contributed by atoms with Crippen LogP contribution < -0.4 is 16.4 Å². The van der Waals surface area contributed by atoms with Crippen LogP contribution in [0.1, 0.15) is 29.6 Å². The zero-order valence-corrected chi connectivity index (χ0v) is 11.1. The van der Waals surface area contributed by atoms with E-state index >= 15 is 0 Å². The summed E-state index contributed by atoms with van der Waals surface area (Å²) in [4.78, 5) is 28.2. The molecule has 2 rings (SSSR count). The van der Waals surface area contributed by atoms with Gasteiger partial charge in [-0.1, -0.05) is 0 Å². The maximum atomic E-state index is 11.2. The van der Waals surface area contributed by atoms with Crippen LogP contribution >= 0.6 is 0 Å². The molecule has 2 heterocycles. The number of aromatic carboxylic acids is 1. The standard InChI is InChI=1S/C13H18N4O3/c14-9-6-10(13(19)20)12(16-7-9)17-3-1-8(2-4-17)5-11(15)18/h6-8H,1-5,14H2,(H2,15,18)(H,19,20). The molecule has 0 radical (unpaired) electrons. The summed E-state index contributed by atoms with van der Waals surface area (Å²) >= 11 is 0. The summed E-state index contributed by atoms with van der Waals surface area (Å²) in [7, 11) is 0. The number of nitrogens with two attached hydrogens (primary N) is 2. The van der Waals surface area contributed by atoms with Crippen LogP contribution in [0.5, 0.6) is 0 Å². The Morgan fingerprint density at radius 1 is 1.40 bits per heavy atom. The van der Waals surface area contributed by atoms with E-state index in [4.69, 9.17) is 11.5 Å². The number of hydrogen-bond acceptors (Lipinski definition) is 5. The van der Waals surface area contributed by atoms with E-state index in [2.05, 4.69) is 4.98 Å². The van der Waals surface area contributed by atoms with E-state index in [-0.39, 0.29) is 17.4 Å². The number of anilines is 2. The number of carbonyl (C=O) groups is 2. The number of carboxylic acid groups (broad SMARTS) is 1. The van der Waals surface area contributed by atoms with Crippen LogP contribution in [0.3, 0.4) is 0 Å². The van der Waals surface area contributed by atoms with Gasteiger partial charge < -0.3 is 21.5 Å². The number of hydrogen-bond donors (Lipinski definition) is 3. The van der Waals surface area contributed by atoms with Gasteiger partial charge in [0.15, 0.2) is 0 Å². The summed E-state index contributed by atoms with van der Waals surface area (Å²) in [6.07, 6.45) is 3.44. The van der Waals surface area contributed by atoms with Crippen LogP contribution in [-0.2, 0) is 4.79 Å². The molecule has 1 amide bonds. The van der Waals surface area contributed by atoms with Crippen LogP contribution in [0.15, 0.2) is 12.3 Å². The number of aromatic nitrogens is 1. The van der Waals surface area contributed by atoms with Crippen molar-refractivity contribution in [3.8, 4) is 0 Å². The van der Waals surface area contributed by atoms with Gasteiger partial charge >= 0.3 is 5.97 Å². The van der Waals surface area contributed by atoms with Crippen molar-refractivity contribution in [3.63, 3.8) is 0 Å². The molecule has 0 bridgehead atoms. The SMILES string of the molecule is NC(=O)CC1CCN(c2ncc(N)cc2C(=O)O)CC1. The Kier molecular flexibility index (Phi) is 4.07. The number of nitrogens with zero attached hydrogens (tertiary/aromatic N) is 2. The third kappa shape index (κ3) is 3.17. The van der Waals surface area contributed by atoms with E-state index in [0.717, 1.165) is 12.8 Å². The van der Waals surface area contributed by atoms with Crippen molar-refractivity contribution in [2.45, 2.75) is 19.3 Å². The van der Waals surface area contributed by atoms with Gasteiger partial charge in [-0.2, -0.15) is 0 Å². The zero-order chi connectivity index (χ0) is 14.7. The third-order valence-electron chi connectivity index (χ3n) is 3.52. The molecule has 0 aliphatic carbocycles. The van der Waals surface area contributed by atoms with E-state index < -0.39 is 5.97 Å². The van der Waals surface area contributed by atoms with E-state index in [1.165, 1.54) is 12.3 Å². The minimum atomic E-state index is -1.04. The lowest BCUT2D eigenvalue weighted by Crippen LogP contribution is -2.36. The van der Waals surface area contributed by atoms with Gasteiger partial charge in [-0.15, -0.1) is 0 Å². The molecule has 1 fully saturated rings. The van der Waals surface area contributed by atoms with Crippen LogP contribution in [0, 0.1) is 5.92 Å². The molecule has 0 unspecified atom stereocenters. The normalized spacial score (nSPS) is 16.1. The highest BCUT2D eigenvalue weighted by Crippen LogP contribution is 2.27. The Morgan fingerprint density at radius 2 is 2.05 bits per heavy atom. The van der Waals surface area contributed by atoms with Gasteiger partial charge in [0.05, 0.1) is 11.9 Å². The minimum absolute atomic E-state index is 0.110. The quantitative estimate of drug-likeness (QED) is 0.735. The first-order valence-electron chi connectivity index (χ1n) is 6.49. The first kappa shape index (κ1) is 14.1. The van der Waals surface area contributed by atoms with Crippen LogP contribution in [-0.4, -0.2) is 35.1 Å². The van der Waals surface area contributed by atoms with E-state index in [1.54, 1.807) is 0 Å². The number of amides is 1. The Labute approximate surface area is 116 Å². The van der Waals surface area contributed by atoms with Gasteiger partial charge in [-0.3, -0.25) is 4.79 Å². The highest BCUT2D eigenvalue weighted by Gasteiger charge is 2.24. The fourth-order valence-electron chi connectivity index (χ4n) is 2.52. The molecule has 5 N–H and O–H groups in total. The molecule has 108 valence electrons. The van der Waals surface area contributed by atoms with Crippen molar-refractivity contribution in [2.24, 2.45) is 11.7 Å².